The first-order valence-electron chi connectivity index (χ1n) is 7.14. The number of hydrogen-bond acceptors (Lipinski definition) is 1. The maximum absolute atomic E-state index is 12.8. The van der Waals surface area contributed by atoms with E-state index in [-0.39, 0.29) is 10.3 Å². The van der Waals surface area contributed by atoms with Gasteiger partial charge < -0.3 is 0 Å². The molecule has 1 aliphatic heterocycles. The highest BCUT2D eigenvalue weighted by Gasteiger charge is 2.64. The van der Waals surface area contributed by atoms with Gasteiger partial charge in [0, 0.05) is 0 Å². The van der Waals surface area contributed by atoms with Crippen LogP contribution in [0.2, 0.25) is 0 Å². The van der Waals surface area contributed by atoms with Crippen LogP contribution in [0.15, 0.2) is 30.3 Å². The predicted octanol–water partition coefficient (Wildman–Crippen LogP) is 4.06. The lowest BCUT2D eigenvalue weighted by molar-refractivity contribution is 0.489. The second kappa shape index (κ2) is 5.02. The van der Waals surface area contributed by atoms with Gasteiger partial charge in [0.2, 0.25) is 0 Å². The summed E-state index contributed by atoms with van der Waals surface area (Å²) in [6.07, 6.45) is 2.09. The lowest BCUT2D eigenvalue weighted by atomic mass is 9.94. The van der Waals surface area contributed by atoms with Gasteiger partial charge in [-0.3, -0.25) is 0 Å². The van der Waals surface area contributed by atoms with E-state index in [2.05, 4.69) is 63.2 Å². The van der Waals surface area contributed by atoms with Crippen molar-refractivity contribution in [3.8, 4) is 0 Å². The lowest BCUT2D eigenvalue weighted by Crippen LogP contribution is -2.31. The van der Waals surface area contributed by atoms with Crippen LogP contribution in [0, 0.1) is 0 Å². The highest BCUT2D eigenvalue weighted by molar-refractivity contribution is 7.84. The molecule has 1 unspecified atom stereocenters. The molecule has 1 aromatic rings. The molecule has 3 atom stereocenters. The van der Waals surface area contributed by atoms with Crippen molar-refractivity contribution in [3.05, 3.63) is 35.9 Å². The topological polar surface area (TPSA) is 20.1 Å². The molecule has 106 valence electrons. The predicted molar refractivity (Wildman–Crippen MR) is 82.2 cm³/mol. The molecule has 0 spiro atoms. The van der Waals surface area contributed by atoms with E-state index in [0.717, 1.165) is 12.8 Å². The third kappa shape index (κ3) is 2.38. The summed E-state index contributed by atoms with van der Waals surface area (Å²) in [5.74, 6) is 0. The largest absolute Gasteiger partial charge is 0.242 e. The third-order valence-corrected chi connectivity index (χ3v) is 6.14. The molecule has 1 saturated heterocycles. The molecule has 1 aromatic carbocycles. The molecular formula is C16H25NOS. The van der Waals surface area contributed by atoms with E-state index in [1.54, 1.807) is 0 Å². The number of benzene rings is 1. The fourth-order valence-electron chi connectivity index (χ4n) is 2.93. The van der Waals surface area contributed by atoms with Gasteiger partial charge in [0.1, 0.15) is 11.0 Å². The minimum absolute atomic E-state index is 0.0828. The zero-order valence-electron chi connectivity index (χ0n) is 12.6. The minimum atomic E-state index is -0.944. The molecule has 0 amide bonds. The summed E-state index contributed by atoms with van der Waals surface area (Å²) in [5, 5.41) is 0. The van der Waals surface area contributed by atoms with Crippen molar-refractivity contribution in [2.24, 2.45) is 0 Å². The Balaban J connectivity index is 2.36. The summed E-state index contributed by atoms with van der Waals surface area (Å²) >= 11 is 0. The molecule has 1 aliphatic rings. The highest BCUT2D eigenvalue weighted by atomic mass is 32.2. The zero-order chi connectivity index (χ0) is 14.3. The number of hydrogen-bond donors (Lipinski definition) is 0. The van der Waals surface area contributed by atoms with Gasteiger partial charge in [0.05, 0.1) is 16.3 Å². The van der Waals surface area contributed by atoms with Crippen LogP contribution in [-0.4, -0.2) is 18.8 Å². The Morgan fingerprint density at radius 1 is 1.16 bits per heavy atom. The van der Waals surface area contributed by atoms with Crippen LogP contribution in [0.3, 0.4) is 0 Å². The average Bonchev–Trinajstić information content (AvgIpc) is 3.07. The molecule has 0 saturated carbocycles. The molecular weight excluding hydrogens is 254 g/mol. The maximum atomic E-state index is 12.8. The fraction of sp³-hybridized carbons (Fsp3) is 0.625. The van der Waals surface area contributed by atoms with Crippen LogP contribution in [0.1, 0.15) is 59.1 Å². The van der Waals surface area contributed by atoms with Crippen LogP contribution in [0.5, 0.6) is 0 Å². The number of nitrogens with zero attached hydrogens (tertiary/aromatic N) is 1. The summed E-state index contributed by atoms with van der Waals surface area (Å²) in [6.45, 7) is 10.6. The monoisotopic (exact) mass is 279 g/mol. The van der Waals surface area contributed by atoms with Crippen LogP contribution < -0.4 is 0 Å². The molecule has 2 nitrogen and oxygen atoms in total. The Labute approximate surface area is 119 Å². The summed E-state index contributed by atoms with van der Waals surface area (Å²) < 4.78 is 14.8. The zero-order valence-corrected chi connectivity index (χ0v) is 13.5. The average molecular weight is 279 g/mol. The molecule has 19 heavy (non-hydrogen) atoms. The highest BCUT2D eigenvalue weighted by Crippen LogP contribution is 2.59. The van der Waals surface area contributed by atoms with Gasteiger partial charge in [0.15, 0.2) is 0 Å². The minimum Gasteiger partial charge on any atom is -0.242 e. The van der Waals surface area contributed by atoms with Crippen molar-refractivity contribution in [3.63, 3.8) is 0 Å². The van der Waals surface area contributed by atoms with Gasteiger partial charge in [-0.15, -0.1) is 0 Å². The first-order valence-corrected chi connectivity index (χ1v) is 8.25. The van der Waals surface area contributed by atoms with E-state index in [1.807, 2.05) is 6.07 Å². The van der Waals surface area contributed by atoms with Gasteiger partial charge in [-0.25, -0.2) is 8.51 Å². The smallest absolute Gasteiger partial charge is 0.101 e. The molecule has 1 fully saturated rings. The lowest BCUT2D eigenvalue weighted by Gasteiger charge is -2.21. The Morgan fingerprint density at radius 2 is 1.68 bits per heavy atom. The van der Waals surface area contributed by atoms with Crippen molar-refractivity contribution < 1.29 is 4.21 Å². The van der Waals surface area contributed by atoms with Crippen molar-refractivity contribution in [1.29, 1.82) is 0 Å². The summed E-state index contributed by atoms with van der Waals surface area (Å²) in [4.78, 5) is 0. The second-order valence-electron chi connectivity index (χ2n) is 6.31. The van der Waals surface area contributed by atoms with Gasteiger partial charge in [-0.2, -0.15) is 0 Å². The molecule has 0 aliphatic carbocycles. The third-order valence-electron chi connectivity index (χ3n) is 4.16. The van der Waals surface area contributed by atoms with Gasteiger partial charge in [-0.05, 0) is 39.2 Å². The van der Waals surface area contributed by atoms with E-state index in [1.165, 1.54) is 5.56 Å². The Bertz CT molecular complexity index is 459. The van der Waals surface area contributed by atoms with E-state index >= 15 is 0 Å². The van der Waals surface area contributed by atoms with Crippen molar-refractivity contribution >= 4 is 11.0 Å². The Kier molecular flexibility index (Phi) is 3.90. The van der Waals surface area contributed by atoms with E-state index < -0.39 is 11.0 Å². The Morgan fingerprint density at radius 3 is 2.11 bits per heavy atom. The fourth-order valence-corrected chi connectivity index (χ4v) is 4.67. The molecule has 2 rings (SSSR count). The van der Waals surface area contributed by atoms with Crippen LogP contribution in [-0.2, 0) is 11.0 Å². The SMILES string of the molecule is CCC1(CC)[C@@H](c2ccccc2)N1[S@](=O)C(C)(C)C. The van der Waals surface area contributed by atoms with Crippen LogP contribution >= 0.6 is 0 Å². The summed E-state index contributed by atoms with van der Waals surface area (Å²) in [7, 11) is -0.944. The second-order valence-corrected chi connectivity index (χ2v) is 8.43. The van der Waals surface area contributed by atoms with Crippen LogP contribution in [0.4, 0.5) is 0 Å². The summed E-state index contributed by atoms with van der Waals surface area (Å²) in [6, 6.07) is 10.8. The molecule has 0 radical (unpaired) electrons. The molecule has 0 N–H and O–H groups in total. The van der Waals surface area contributed by atoms with Gasteiger partial charge >= 0.3 is 0 Å². The molecule has 1 heterocycles. The summed E-state index contributed by atoms with van der Waals surface area (Å²) in [5.41, 5.74) is 1.38. The van der Waals surface area contributed by atoms with Crippen LogP contribution in [0.25, 0.3) is 0 Å². The Hall–Kier alpha value is -0.670. The first-order chi connectivity index (χ1) is 8.88. The molecule has 3 heteroatoms. The molecule has 0 bridgehead atoms. The quantitative estimate of drug-likeness (QED) is 0.761. The maximum Gasteiger partial charge on any atom is 0.101 e. The van der Waals surface area contributed by atoms with E-state index in [9.17, 15) is 4.21 Å². The number of rotatable bonds is 4. The van der Waals surface area contributed by atoms with Crippen molar-refractivity contribution in [2.75, 3.05) is 0 Å². The molecule has 0 aromatic heterocycles. The normalized spacial score (nSPS) is 27.0. The van der Waals surface area contributed by atoms with Crippen molar-refractivity contribution in [2.45, 2.75) is 63.8 Å². The van der Waals surface area contributed by atoms with Gasteiger partial charge in [0.25, 0.3) is 0 Å². The van der Waals surface area contributed by atoms with Gasteiger partial charge in [-0.1, -0.05) is 44.2 Å². The van der Waals surface area contributed by atoms with E-state index in [0.29, 0.717) is 6.04 Å². The first kappa shape index (κ1) is 14.7. The standard InChI is InChI=1S/C16H25NOS/c1-6-16(7-2)14(13-11-9-8-10-12-13)17(16)19(18)15(3,4)5/h8-12,14H,6-7H2,1-5H3/t14-,17?,19-/m1/s1. The van der Waals surface area contributed by atoms with Crippen molar-refractivity contribution in [1.82, 2.24) is 4.31 Å². The van der Waals surface area contributed by atoms with E-state index in [4.69, 9.17) is 0 Å².